The highest BCUT2D eigenvalue weighted by Crippen LogP contribution is 1.98. The van der Waals surface area contributed by atoms with Crippen LogP contribution in [-0.4, -0.2) is 29.1 Å². The van der Waals surface area contributed by atoms with Gasteiger partial charge < -0.3 is 0 Å². The predicted octanol–water partition coefficient (Wildman–Crippen LogP) is -1.14. The van der Waals surface area contributed by atoms with E-state index >= 15 is 0 Å². The molecular formula is C4H10N4O. The van der Waals surface area contributed by atoms with Gasteiger partial charge in [0.15, 0.2) is 0 Å². The number of nitrogens with two attached hydrogens (primary N) is 2. The molecule has 5 heteroatoms. The maximum atomic E-state index is 10.7. The van der Waals surface area contributed by atoms with Crippen molar-refractivity contribution in [3.05, 3.63) is 0 Å². The molecule has 1 rings (SSSR count). The van der Waals surface area contributed by atoms with E-state index in [1.54, 1.807) is 0 Å². The second-order valence-corrected chi connectivity index (χ2v) is 2.02. The van der Waals surface area contributed by atoms with E-state index in [9.17, 15) is 4.79 Å². The normalized spacial score (nSPS) is 20.9. The first-order chi connectivity index (χ1) is 4.22. The van der Waals surface area contributed by atoms with Gasteiger partial charge in [0.25, 0.3) is 0 Å². The molecule has 0 radical (unpaired) electrons. The fraction of sp³-hybridized carbons (Fsp3) is 0.750. The summed E-state index contributed by atoms with van der Waals surface area (Å²) < 4.78 is 0. The molecule has 0 saturated carbocycles. The van der Waals surface area contributed by atoms with Crippen LogP contribution in [-0.2, 0) is 0 Å². The molecule has 2 amide bonds. The number of rotatable bonds is 0. The quantitative estimate of drug-likeness (QED) is 0.321. The minimum Gasteiger partial charge on any atom is -0.261 e. The SMILES string of the molecule is NN1CCCN(N)C1=O. The molecule has 0 bridgehead atoms. The van der Waals surface area contributed by atoms with Crippen molar-refractivity contribution in [1.29, 1.82) is 0 Å². The fourth-order valence-corrected chi connectivity index (χ4v) is 0.768. The van der Waals surface area contributed by atoms with Gasteiger partial charge >= 0.3 is 6.03 Å². The van der Waals surface area contributed by atoms with Crippen molar-refractivity contribution in [3.8, 4) is 0 Å². The van der Waals surface area contributed by atoms with Crippen molar-refractivity contribution >= 4 is 6.03 Å². The van der Waals surface area contributed by atoms with Crippen molar-refractivity contribution in [2.24, 2.45) is 11.7 Å². The van der Waals surface area contributed by atoms with Crippen LogP contribution in [0.4, 0.5) is 4.79 Å². The van der Waals surface area contributed by atoms with Crippen LogP contribution in [0.2, 0.25) is 0 Å². The Kier molecular flexibility index (Phi) is 1.54. The Morgan fingerprint density at radius 1 is 1.22 bits per heavy atom. The van der Waals surface area contributed by atoms with E-state index in [2.05, 4.69) is 0 Å². The maximum absolute atomic E-state index is 10.7. The molecule has 0 aromatic heterocycles. The number of carbonyl (C=O) groups is 1. The number of hydrogen-bond acceptors (Lipinski definition) is 3. The minimum absolute atomic E-state index is 0.304. The van der Waals surface area contributed by atoms with Crippen LogP contribution in [0.1, 0.15) is 6.42 Å². The lowest BCUT2D eigenvalue weighted by molar-refractivity contribution is 0.131. The summed E-state index contributed by atoms with van der Waals surface area (Å²) in [5.74, 6) is 10.5. The summed E-state index contributed by atoms with van der Waals surface area (Å²) in [7, 11) is 0. The molecule has 0 unspecified atom stereocenters. The lowest BCUT2D eigenvalue weighted by atomic mass is 10.3. The van der Waals surface area contributed by atoms with Crippen molar-refractivity contribution in [1.82, 2.24) is 10.0 Å². The molecule has 1 aliphatic heterocycles. The van der Waals surface area contributed by atoms with Crippen LogP contribution in [0.15, 0.2) is 0 Å². The Bertz CT molecular complexity index is 114. The molecule has 0 atom stereocenters. The predicted molar refractivity (Wildman–Crippen MR) is 31.8 cm³/mol. The highest BCUT2D eigenvalue weighted by molar-refractivity contribution is 5.73. The molecule has 0 spiro atoms. The lowest BCUT2D eigenvalue weighted by Crippen LogP contribution is -2.55. The van der Waals surface area contributed by atoms with E-state index in [0.29, 0.717) is 13.1 Å². The van der Waals surface area contributed by atoms with Gasteiger partial charge in [-0.25, -0.2) is 16.5 Å². The molecule has 5 nitrogen and oxygen atoms in total. The van der Waals surface area contributed by atoms with Gasteiger partial charge in [0.05, 0.1) is 0 Å². The van der Waals surface area contributed by atoms with E-state index < -0.39 is 0 Å². The first-order valence-corrected chi connectivity index (χ1v) is 2.80. The summed E-state index contributed by atoms with van der Waals surface area (Å²) in [4.78, 5) is 10.7. The zero-order valence-corrected chi connectivity index (χ0v) is 5.08. The minimum atomic E-state index is -0.304. The van der Waals surface area contributed by atoms with Crippen LogP contribution in [0.25, 0.3) is 0 Å². The van der Waals surface area contributed by atoms with Gasteiger partial charge in [0.1, 0.15) is 0 Å². The average Bonchev–Trinajstić information content (AvgIpc) is 1.83. The third-order valence-electron chi connectivity index (χ3n) is 1.29. The number of urea groups is 1. The van der Waals surface area contributed by atoms with Crippen molar-refractivity contribution in [3.63, 3.8) is 0 Å². The summed E-state index contributed by atoms with van der Waals surface area (Å²) in [5.41, 5.74) is 0. The van der Waals surface area contributed by atoms with Gasteiger partial charge in [-0.15, -0.1) is 0 Å². The molecule has 52 valence electrons. The van der Waals surface area contributed by atoms with E-state index in [0.717, 1.165) is 16.4 Å². The standard InChI is InChI=1S/C4H10N4O/c5-7-2-1-3-8(6)4(7)9/h1-3,5-6H2. The highest BCUT2D eigenvalue weighted by Gasteiger charge is 2.19. The van der Waals surface area contributed by atoms with Crippen LogP contribution in [0.3, 0.4) is 0 Å². The number of hydrogen-bond donors (Lipinski definition) is 2. The number of carbonyl (C=O) groups excluding carboxylic acids is 1. The molecule has 1 saturated heterocycles. The molecular weight excluding hydrogens is 120 g/mol. The van der Waals surface area contributed by atoms with Crippen molar-refractivity contribution in [2.75, 3.05) is 13.1 Å². The van der Waals surface area contributed by atoms with Gasteiger partial charge in [0, 0.05) is 13.1 Å². The molecule has 0 aromatic rings. The van der Waals surface area contributed by atoms with Gasteiger partial charge in [-0.05, 0) is 6.42 Å². The van der Waals surface area contributed by atoms with Gasteiger partial charge in [-0.2, -0.15) is 0 Å². The summed E-state index contributed by atoms with van der Waals surface area (Å²) in [6.07, 6.45) is 0.846. The van der Waals surface area contributed by atoms with E-state index in [-0.39, 0.29) is 6.03 Å². The van der Waals surface area contributed by atoms with Crippen molar-refractivity contribution < 1.29 is 4.79 Å². The third kappa shape index (κ3) is 1.11. The third-order valence-corrected chi connectivity index (χ3v) is 1.29. The molecule has 9 heavy (non-hydrogen) atoms. The van der Waals surface area contributed by atoms with Gasteiger partial charge in [-0.3, -0.25) is 10.0 Å². The largest absolute Gasteiger partial charge is 0.348 e. The van der Waals surface area contributed by atoms with Crippen LogP contribution in [0, 0.1) is 0 Å². The monoisotopic (exact) mass is 130 g/mol. The van der Waals surface area contributed by atoms with E-state index in [1.807, 2.05) is 0 Å². The Labute approximate surface area is 53.1 Å². The molecule has 1 heterocycles. The fourth-order valence-electron chi connectivity index (χ4n) is 0.768. The maximum Gasteiger partial charge on any atom is 0.348 e. The second-order valence-electron chi connectivity index (χ2n) is 2.02. The lowest BCUT2D eigenvalue weighted by Gasteiger charge is -2.28. The Balaban J connectivity index is 2.52. The average molecular weight is 130 g/mol. The molecule has 4 N–H and O–H groups in total. The highest BCUT2D eigenvalue weighted by atomic mass is 16.2. The first-order valence-electron chi connectivity index (χ1n) is 2.80. The number of hydrazine groups is 2. The molecule has 0 aliphatic carbocycles. The van der Waals surface area contributed by atoms with Crippen molar-refractivity contribution in [2.45, 2.75) is 6.42 Å². The van der Waals surface area contributed by atoms with E-state index in [1.165, 1.54) is 0 Å². The summed E-state index contributed by atoms with van der Waals surface area (Å²) in [5, 5.41) is 2.23. The molecule has 1 fully saturated rings. The Morgan fingerprint density at radius 2 is 1.67 bits per heavy atom. The van der Waals surface area contributed by atoms with Gasteiger partial charge in [0.2, 0.25) is 0 Å². The molecule has 0 aromatic carbocycles. The summed E-state index contributed by atoms with van der Waals surface area (Å²) >= 11 is 0. The first kappa shape index (κ1) is 6.31. The number of amides is 2. The topological polar surface area (TPSA) is 75.6 Å². The Morgan fingerprint density at radius 3 is 2.00 bits per heavy atom. The molecule has 1 aliphatic rings. The number of nitrogens with zero attached hydrogens (tertiary/aromatic N) is 2. The van der Waals surface area contributed by atoms with Crippen LogP contribution in [0.5, 0.6) is 0 Å². The van der Waals surface area contributed by atoms with Crippen LogP contribution < -0.4 is 11.7 Å². The summed E-state index contributed by atoms with van der Waals surface area (Å²) in [6.45, 7) is 1.21. The van der Waals surface area contributed by atoms with Gasteiger partial charge in [-0.1, -0.05) is 0 Å². The van der Waals surface area contributed by atoms with E-state index in [4.69, 9.17) is 11.7 Å². The second kappa shape index (κ2) is 2.20. The zero-order chi connectivity index (χ0) is 6.85. The zero-order valence-electron chi connectivity index (χ0n) is 5.08. The van der Waals surface area contributed by atoms with Crippen LogP contribution >= 0.6 is 0 Å². The summed E-state index contributed by atoms with van der Waals surface area (Å²) in [6, 6.07) is -0.304. The Hall–Kier alpha value is -0.810. The smallest absolute Gasteiger partial charge is 0.261 e.